The van der Waals surface area contributed by atoms with Gasteiger partial charge in [0, 0.05) is 49.9 Å². The Morgan fingerprint density at radius 3 is 2.51 bits per heavy atom. The summed E-state index contributed by atoms with van der Waals surface area (Å²) in [6.45, 7) is 11.5. The van der Waals surface area contributed by atoms with Gasteiger partial charge < -0.3 is 24.8 Å². The van der Waals surface area contributed by atoms with Crippen molar-refractivity contribution < 1.29 is 9.53 Å². The molecule has 12 heteroatoms. The number of urea groups is 1. The van der Waals surface area contributed by atoms with Crippen LogP contribution in [0.2, 0.25) is 0 Å². The molecule has 5 aromatic rings. The zero-order valence-corrected chi connectivity index (χ0v) is 32.2. The summed E-state index contributed by atoms with van der Waals surface area (Å²) >= 11 is 0. The van der Waals surface area contributed by atoms with Gasteiger partial charge in [-0.25, -0.2) is 9.48 Å². The molecule has 1 fully saturated rings. The number of ether oxygens (including phenoxy) is 1. The smallest absolute Gasteiger partial charge is 0.320 e. The Morgan fingerprint density at radius 2 is 1.74 bits per heavy atom. The maximum Gasteiger partial charge on any atom is 0.320 e. The Hall–Kier alpha value is -5.10. The number of likely N-dealkylation sites (N-methyl/N-ethyl adjacent to an activating group) is 2. The first-order valence-electron chi connectivity index (χ1n) is 19.0. The van der Waals surface area contributed by atoms with Crippen molar-refractivity contribution in [3.05, 3.63) is 89.7 Å². The van der Waals surface area contributed by atoms with Gasteiger partial charge in [-0.2, -0.15) is 5.10 Å². The first-order chi connectivity index (χ1) is 25.4. The second kappa shape index (κ2) is 15.1. The minimum atomic E-state index is -0.275. The number of pyridine rings is 1. The van der Waals surface area contributed by atoms with E-state index in [0.29, 0.717) is 11.9 Å². The number of carbonyl (C=O) groups excluding carboxylic acids is 1. The number of hydrogen-bond acceptors (Lipinski definition) is 8. The molecule has 0 saturated carbocycles. The molecule has 0 bridgehead atoms. The summed E-state index contributed by atoms with van der Waals surface area (Å²) in [7, 11) is 6.25. The average Bonchev–Trinajstić information content (AvgIpc) is 3.76. The van der Waals surface area contributed by atoms with Gasteiger partial charge in [-0.3, -0.25) is 9.72 Å². The Labute approximate surface area is 313 Å². The van der Waals surface area contributed by atoms with Gasteiger partial charge in [0.1, 0.15) is 17.7 Å². The molecule has 2 amide bonds. The molecule has 2 aliphatic rings. The Kier molecular flexibility index (Phi) is 10.3. The van der Waals surface area contributed by atoms with Crippen LogP contribution < -0.4 is 25.2 Å². The van der Waals surface area contributed by atoms with Crippen LogP contribution in [0.1, 0.15) is 88.8 Å². The number of nitrogens with zero attached hydrogens (tertiary/aromatic N) is 8. The fourth-order valence-electron chi connectivity index (χ4n) is 7.39. The molecule has 0 spiro atoms. The molecule has 1 saturated heterocycles. The second-order valence-electron chi connectivity index (χ2n) is 15.9. The van der Waals surface area contributed by atoms with E-state index < -0.39 is 0 Å². The van der Waals surface area contributed by atoms with Crippen LogP contribution in [0.4, 0.5) is 22.2 Å². The maximum absolute atomic E-state index is 13.8. The molecule has 280 valence electrons. The standard InChI is InChI=1S/C41H54N10O2/c1-28-13-10-11-22-49(28)40-45-44-37-21-18-31(27-50(37)40)53-35-20-19-34(32-16-8-9-17-33(32)35)42-39(52)43-38-26-36(41(2,3)4)46-51(38)30-15-12-14-29(25-30)48(7)24-23-47(5)6/h8-9,12,14-18,21,25-28,34-35H,10-11,13,19-20,22-24H2,1-7H3,(H2,42,43,52)/t28?,34-,35+/m0/s1. The van der Waals surface area contributed by atoms with Crippen molar-refractivity contribution >= 4 is 29.1 Å². The van der Waals surface area contributed by atoms with Gasteiger partial charge in [0.05, 0.1) is 23.6 Å². The normalized spacial score (nSPS) is 18.9. The van der Waals surface area contributed by atoms with Gasteiger partial charge in [-0.1, -0.05) is 51.1 Å². The highest BCUT2D eigenvalue weighted by Crippen LogP contribution is 2.39. The van der Waals surface area contributed by atoms with Crippen molar-refractivity contribution in [3.8, 4) is 11.4 Å². The van der Waals surface area contributed by atoms with E-state index in [2.05, 4.69) is 113 Å². The number of nitrogens with one attached hydrogen (secondary N) is 2. The largest absolute Gasteiger partial charge is 0.484 e. The Bertz CT molecular complexity index is 2050. The molecular formula is C41H54N10O2. The quantitative estimate of drug-likeness (QED) is 0.154. The summed E-state index contributed by atoms with van der Waals surface area (Å²) in [4.78, 5) is 20.5. The van der Waals surface area contributed by atoms with E-state index in [1.165, 1.54) is 6.42 Å². The van der Waals surface area contributed by atoms with Crippen molar-refractivity contribution in [3.63, 3.8) is 0 Å². The summed E-state index contributed by atoms with van der Waals surface area (Å²) in [6, 6.07) is 22.4. The molecule has 2 N–H and O–H groups in total. The number of rotatable bonds is 10. The topological polar surface area (TPSA) is 108 Å². The van der Waals surface area contributed by atoms with Crippen molar-refractivity contribution in [1.82, 2.24) is 34.6 Å². The number of carbonyl (C=O) groups is 1. The highest BCUT2D eigenvalue weighted by atomic mass is 16.5. The van der Waals surface area contributed by atoms with Gasteiger partial charge in [-0.15, -0.1) is 10.2 Å². The van der Waals surface area contributed by atoms with Gasteiger partial charge in [-0.05, 0) is 94.6 Å². The minimum Gasteiger partial charge on any atom is -0.484 e. The first kappa shape index (κ1) is 36.3. The van der Waals surface area contributed by atoms with Crippen LogP contribution in [0.25, 0.3) is 11.3 Å². The lowest BCUT2D eigenvalue weighted by atomic mass is 9.85. The van der Waals surface area contributed by atoms with Gasteiger partial charge >= 0.3 is 6.03 Å². The molecule has 7 rings (SSSR count). The van der Waals surface area contributed by atoms with E-state index in [1.807, 2.05) is 53.3 Å². The van der Waals surface area contributed by atoms with Crippen molar-refractivity contribution in [2.24, 2.45) is 0 Å². The average molecular weight is 719 g/mol. The maximum atomic E-state index is 13.8. The molecule has 4 heterocycles. The molecule has 2 aromatic carbocycles. The van der Waals surface area contributed by atoms with E-state index in [9.17, 15) is 4.79 Å². The van der Waals surface area contributed by atoms with E-state index >= 15 is 0 Å². The van der Waals surface area contributed by atoms with Crippen LogP contribution in [-0.4, -0.2) is 82.1 Å². The molecule has 1 aliphatic carbocycles. The van der Waals surface area contributed by atoms with E-state index in [0.717, 1.165) is 90.9 Å². The van der Waals surface area contributed by atoms with Crippen molar-refractivity contribution in [2.75, 3.05) is 55.9 Å². The number of hydrogen-bond donors (Lipinski definition) is 2. The number of piperidine rings is 1. The van der Waals surface area contributed by atoms with Crippen LogP contribution >= 0.6 is 0 Å². The number of benzene rings is 2. The number of amides is 2. The molecule has 53 heavy (non-hydrogen) atoms. The Balaban J connectivity index is 1.08. The van der Waals surface area contributed by atoms with E-state index in [4.69, 9.17) is 9.84 Å². The van der Waals surface area contributed by atoms with Crippen LogP contribution in [0, 0.1) is 0 Å². The van der Waals surface area contributed by atoms with Gasteiger partial charge in [0.2, 0.25) is 5.95 Å². The molecule has 0 radical (unpaired) electrons. The highest BCUT2D eigenvalue weighted by molar-refractivity contribution is 5.89. The summed E-state index contributed by atoms with van der Waals surface area (Å²) in [5, 5.41) is 20.4. The van der Waals surface area contributed by atoms with Crippen LogP contribution in [0.3, 0.4) is 0 Å². The summed E-state index contributed by atoms with van der Waals surface area (Å²) < 4.78 is 10.6. The van der Waals surface area contributed by atoms with Crippen molar-refractivity contribution in [1.29, 1.82) is 0 Å². The molecule has 3 aromatic heterocycles. The number of aromatic nitrogens is 5. The fourth-order valence-corrected chi connectivity index (χ4v) is 7.39. The lowest BCUT2D eigenvalue weighted by molar-refractivity contribution is 0.171. The summed E-state index contributed by atoms with van der Waals surface area (Å²) in [6.07, 6.45) is 6.89. The molecule has 1 unspecified atom stereocenters. The predicted octanol–water partition coefficient (Wildman–Crippen LogP) is 7.37. The summed E-state index contributed by atoms with van der Waals surface area (Å²) in [5.74, 6) is 2.25. The van der Waals surface area contributed by atoms with Crippen LogP contribution in [0.15, 0.2) is 72.9 Å². The molecule has 12 nitrogen and oxygen atoms in total. The van der Waals surface area contributed by atoms with E-state index in [1.54, 1.807) is 0 Å². The lowest BCUT2D eigenvalue weighted by Gasteiger charge is -2.33. The lowest BCUT2D eigenvalue weighted by Crippen LogP contribution is -2.38. The molecule has 3 atom stereocenters. The highest BCUT2D eigenvalue weighted by Gasteiger charge is 2.31. The predicted molar refractivity (Wildman–Crippen MR) is 212 cm³/mol. The number of anilines is 3. The molecular weight excluding hydrogens is 665 g/mol. The third-order valence-electron chi connectivity index (χ3n) is 10.6. The van der Waals surface area contributed by atoms with Crippen LogP contribution in [-0.2, 0) is 5.41 Å². The van der Waals surface area contributed by atoms with Crippen LogP contribution in [0.5, 0.6) is 5.75 Å². The first-order valence-corrected chi connectivity index (χ1v) is 19.0. The van der Waals surface area contributed by atoms with Crippen molar-refractivity contribution in [2.45, 2.75) is 83.4 Å². The summed E-state index contributed by atoms with van der Waals surface area (Å²) in [5.41, 5.74) is 5.60. The fraction of sp³-hybridized carbons (Fsp3) is 0.463. The van der Waals surface area contributed by atoms with Gasteiger partial charge in [0.15, 0.2) is 5.65 Å². The monoisotopic (exact) mass is 718 g/mol. The molecule has 1 aliphatic heterocycles. The Morgan fingerprint density at radius 1 is 0.925 bits per heavy atom. The zero-order chi connectivity index (χ0) is 37.3. The third-order valence-corrected chi connectivity index (χ3v) is 10.6. The second-order valence-corrected chi connectivity index (χ2v) is 15.9. The third kappa shape index (κ3) is 7.97. The van der Waals surface area contributed by atoms with Gasteiger partial charge in [0.25, 0.3) is 0 Å². The minimum absolute atomic E-state index is 0.155. The SMILES string of the molecule is CC1CCCCN1c1nnc2ccc(O[C@@H]3CC[C@H](NC(=O)Nc4cc(C(C)(C)C)nn4-c4cccc(N(C)CCN(C)C)c4)c4ccccc43)cn12. The van der Waals surface area contributed by atoms with E-state index in [-0.39, 0.29) is 23.6 Å². The number of fused-ring (bicyclic) bond motifs is 2. The zero-order valence-electron chi connectivity index (χ0n) is 32.2.